The number of likely N-dealkylation sites (N-methyl/N-ethyl adjacent to an activating group) is 1. The van der Waals surface area contributed by atoms with Gasteiger partial charge in [-0.2, -0.15) is 0 Å². The van der Waals surface area contributed by atoms with Crippen LogP contribution in [0, 0.1) is 5.41 Å². The second kappa shape index (κ2) is 6.53. The second-order valence-electron chi connectivity index (χ2n) is 6.18. The van der Waals surface area contributed by atoms with E-state index in [1.165, 1.54) is 0 Å². The second-order valence-corrected chi connectivity index (χ2v) is 6.18. The normalized spacial score (nSPS) is 23.3. The minimum Gasteiger partial charge on any atom is -0.396 e. The molecule has 0 radical (unpaired) electrons. The van der Waals surface area contributed by atoms with Gasteiger partial charge in [0.05, 0.1) is 6.04 Å². The van der Waals surface area contributed by atoms with Gasteiger partial charge in [-0.25, -0.2) is 0 Å². The zero-order valence-corrected chi connectivity index (χ0v) is 12.2. The lowest BCUT2D eigenvalue weighted by Gasteiger charge is -2.44. The lowest BCUT2D eigenvalue weighted by molar-refractivity contribution is -0.141. The summed E-state index contributed by atoms with van der Waals surface area (Å²) in [6, 6.07) is 0.0868. The van der Waals surface area contributed by atoms with Gasteiger partial charge in [-0.15, -0.1) is 0 Å². The van der Waals surface area contributed by atoms with Crippen LogP contribution in [-0.4, -0.2) is 47.7 Å². The van der Waals surface area contributed by atoms with Crippen molar-refractivity contribution < 1.29 is 9.90 Å². The SMILES string of the molecule is CCNC1CCCN(C(CCO)C(C)(C)C)C1=O. The Kier molecular flexibility index (Phi) is 5.60. The topological polar surface area (TPSA) is 52.6 Å². The monoisotopic (exact) mass is 256 g/mol. The average molecular weight is 256 g/mol. The van der Waals surface area contributed by atoms with Gasteiger partial charge in [0.1, 0.15) is 0 Å². The summed E-state index contributed by atoms with van der Waals surface area (Å²) in [7, 11) is 0. The largest absolute Gasteiger partial charge is 0.396 e. The molecule has 2 unspecified atom stereocenters. The molecule has 0 aliphatic carbocycles. The van der Waals surface area contributed by atoms with Crippen LogP contribution in [-0.2, 0) is 4.79 Å². The third-order valence-electron chi connectivity index (χ3n) is 3.70. The maximum atomic E-state index is 12.5. The summed E-state index contributed by atoms with van der Waals surface area (Å²) in [6.07, 6.45) is 2.63. The fraction of sp³-hybridized carbons (Fsp3) is 0.929. The molecule has 1 fully saturated rings. The van der Waals surface area contributed by atoms with Gasteiger partial charge >= 0.3 is 0 Å². The smallest absolute Gasteiger partial charge is 0.239 e. The maximum Gasteiger partial charge on any atom is 0.239 e. The molecule has 1 saturated heterocycles. The minimum atomic E-state index is -0.0349. The summed E-state index contributed by atoms with van der Waals surface area (Å²) >= 11 is 0. The van der Waals surface area contributed by atoms with Crippen LogP contribution in [0.1, 0.15) is 47.0 Å². The van der Waals surface area contributed by atoms with Crippen LogP contribution in [0.25, 0.3) is 0 Å². The number of nitrogens with zero attached hydrogens (tertiary/aromatic N) is 1. The highest BCUT2D eigenvalue weighted by Crippen LogP contribution is 2.29. The molecule has 0 aromatic carbocycles. The molecule has 4 nitrogen and oxygen atoms in total. The molecule has 0 aromatic heterocycles. The number of piperidine rings is 1. The third-order valence-corrected chi connectivity index (χ3v) is 3.70. The van der Waals surface area contributed by atoms with E-state index in [9.17, 15) is 9.90 Å². The Hall–Kier alpha value is -0.610. The number of aliphatic hydroxyl groups excluding tert-OH is 1. The molecule has 18 heavy (non-hydrogen) atoms. The molecule has 0 saturated carbocycles. The van der Waals surface area contributed by atoms with Crippen LogP contribution in [0.2, 0.25) is 0 Å². The zero-order valence-electron chi connectivity index (χ0n) is 12.2. The van der Waals surface area contributed by atoms with Crippen molar-refractivity contribution >= 4 is 5.91 Å². The predicted octanol–water partition coefficient (Wildman–Crippen LogP) is 1.38. The Morgan fingerprint density at radius 3 is 2.67 bits per heavy atom. The van der Waals surface area contributed by atoms with Crippen molar-refractivity contribution in [1.82, 2.24) is 10.2 Å². The minimum absolute atomic E-state index is 0.00644. The fourth-order valence-electron chi connectivity index (χ4n) is 2.82. The van der Waals surface area contributed by atoms with E-state index < -0.39 is 0 Å². The molecule has 2 N–H and O–H groups in total. The molecule has 106 valence electrons. The number of rotatable bonds is 5. The van der Waals surface area contributed by atoms with Gasteiger partial charge in [0, 0.05) is 19.2 Å². The van der Waals surface area contributed by atoms with E-state index in [4.69, 9.17) is 0 Å². The lowest BCUT2D eigenvalue weighted by atomic mass is 9.82. The number of aliphatic hydroxyl groups is 1. The lowest BCUT2D eigenvalue weighted by Crippen LogP contribution is -2.57. The molecule has 0 bridgehead atoms. The van der Waals surface area contributed by atoms with E-state index in [1.807, 2.05) is 11.8 Å². The van der Waals surface area contributed by atoms with Crippen molar-refractivity contribution in [1.29, 1.82) is 0 Å². The standard InChI is InChI=1S/C14H28N2O2/c1-5-15-11-7-6-9-16(13(11)18)12(8-10-17)14(2,3)4/h11-12,15,17H,5-10H2,1-4H3. The summed E-state index contributed by atoms with van der Waals surface area (Å²) in [4.78, 5) is 14.4. The molecule has 0 spiro atoms. The van der Waals surface area contributed by atoms with E-state index in [0.717, 1.165) is 25.9 Å². The summed E-state index contributed by atoms with van der Waals surface area (Å²) in [5.74, 6) is 0.205. The molecule has 4 heteroatoms. The first-order valence-electron chi connectivity index (χ1n) is 7.06. The molecular weight excluding hydrogens is 228 g/mol. The summed E-state index contributed by atoms with van der Waals surface area (Å²) in [5.41, 5.74) is 0.00644. The summed E-state index contributed by atoms with van der Waals surface area (Å²) in [5, 5.41) is 12.5. The number of nitrogens with one attached hydrogen (secondary N) is 1. The quantitative estimate of drug-likeness (QED) is 0.781. The molecule has 1 amide bonds. The Morgan fingerprint density at radius 2 is 2.17 bits per heavy atom. The van der Waals surface area contributed by atoms with E-state index >= 15 is 0 Å². The van der Waals surface area contributed by atoms with E-state index in [2.05, 4.69) is 26.1 Å². The number of carbonyl (C=O) groups excluding carboxylic acids is 1. The Balaban J connectivity index is 2.80. The Morgan fingerprint density at radius 1 is 1.50 bits per heavy atom. The van der Waals surface area contributed by atoms with Gasteiger partial charge < -0.3 is 15.3 Å². The highest BCUT2D eigenvalue weighted by atomic mass is 16.3. The van der Waals surface area contributed by atoms with Crippen molar-refractivity contribution in [2.24, 2.45) is 5.41 Å². The number of amides is 1. The molecule has 0 aromatic rings. The van der Waals surface area contributed by atoms with Gasteiger partial charge in [-0.1, -0.05) is 27.7 Å². The number of hydrogen-bond acceptors (Lipinski definition) is 3. The van der Waals surface area contributed by atoms with Gasteiger partial charge in [-0.3, -0.25) is 4.79 Å². The van der Waals surface area contributed by atoms with Crippen molar-refractivity contribution in [3.05, 3.63) is 0 Å². The first-order chi connectivity index (χ1) is 8.41. The average Bonchev–Trinajstić information content (AvgIpc) is 2.28. The summed E-state index contributed by atoms with van der Waals surface area (Å²) in [6.45, 7) is 10.2. The van der Waals surface area contributed by atoms with Crippen LogP contribution >= 0.6 is 0 Å². The van der Waals surface area contributed by atoms with Crippen molar-refractivity contribution in [2.75, 3.05) is 19.7 Å². The molecule has 2 atom stereocenters. The molecular formula is C14H28N2O2. The highest BCUT2D eigenvalue weighted by Gasteiger charge is 2.37. The Labute approximate surface area is 111 Å². The molecule has 1 rings (SSSR count). The van der Waals surface area contributed by atoms with Gasteiger partial charge in [0.25, 0.3) is 0 Å². The van der Waals surface area contributed by atoms with Gasteiger partial charge in [0.2, 0.25) is 5.91 Å². The third kappa shape index (κ3) is 3.69. The number of hydrogen-bond donors (Lipinski definition) is 2. The van der Waals surface area contributed by atoms with Crippen LogP contribution < -0.4 is 5.32 Å². The van der Waals surface area contributed by atoms with Gasteiger partial charge in [-0.05, 0) is 31.2 Å². The van der Waals surface area contributed by atoms with Gasteiger partial charge in [0.15, 0.2) is 0 Å². The first kappa shape index (κ1) is 15.4. The Bertz CT molecular complexity index is 271. The van der Waals surface area contributed by atoms with Crippen LogP contribution in [0.4, 0.5) is 0 Å². The van der Waals surface area contributed by atoms with E-state index in [0.29, 0.717) is 6.42 Å². The van der Waals surface area contributed by atoms with Crippen LogP contribution in [0.15, 0.2) is 0 Å². The molecule has 1 heterocycles. The van der Waals surface area contributed by atoms with Crippen molar-refractivity contribution in [2.45, 2.75) is 59.0 Å². The predicted molar refractivity (Wildman–Crippen MR) is 73.4 cm³/mol. The maximum absolute atomic E-state index is 12.5. The summed E-state index contributed by atoms with van der Waals surface area (Å²) < 4.78 is 0. The van der Waals surface area contributed by atoms with Crippen LogP contribution in [0.3, 0.4) is 0 Å². The number of carbonyl (C=O) groups is 1. The number of likely N-dealkylation sites (tertiary alicyclic amines) is 1. The van der Waals surface area contributed by atoms with Crippen LogP contribution in [0.5, 0.6) is 0 Å². The zero-order chi connectivity index (χ0) is 13.8. The highest BCUT2D eigenvalue weighted by molar-refractivity contribution is 5.83. The first-order valence-corrected chi connectivity index (χ1v) is 7.06. The molecule has 1 aliphatic heterocycles. The van der Waals surface area contributed by atoms with E-state index in [-0.39, 0.29) is 30.0 Å². The van der Waals surface area contributed by atoms with Crippen molar-refractivity contribution in [3.8, 4) is 0 Å². The molecule has 1 aliphatic rings. The van der Waals surface area contributed by atoms with Crippen molar-refractivity contribution in [3.63, 3.8) is 0 Å². The van der Waals surface area contributed by atoms with E-state index in [1.54, 1.807) is 0 Å². The fourth-order valence-corrected chi connectivity index (χ4v) is 2.82.